The van der Waals surface area contributed by atoms with Gasteiger partial charge in [0.2, 0.25) is 5.75 Å². The van der Waals surface area contributed by atoms with Gasteiger partial charge in [-0.1, -0.05) is 0 Å². The van der Waals surface area contributed by atoms with Crippen molar-refractivity contribution in [2.75, 3.05) is 34.0 Å². The fourth-order valence-corrected chi connectivity index (χ4v) is 2.33. The van der Waals surface area contributed by atoms with Gasteiger partial charge in [-0.15, -0.1) is 0 Å². The number of ether oxygens (including phenoxy) is 4. The molecule has 1 atom stereocenters. The van der Waals surface area contributed by atoms with Gasteiger partial charge in [-0.05, 0) is 43.5 Å². The number of rotatable bonds is 6. The van der Waals surface area contributed by atoms with Crippen LogP contribution >= 0.6 is 0 Å². The van der Waals surface area contributed by atoms with Gasteiger partial charge in [-0.2, -0.15) is 0 Å². The molecule has 112 valence electrons. The van der Waals surface area contributed by atoms with Crippen LogP contribution in [0.1, 0.15) is 18.4 Å². The minimum atomic E-state index is 0.0481. The molecule has 0 radical (unpaired) electrons. The highest BCUT2D eigenvalue weighted by atomic mass is 16.6. The van der Waals surface area contributed by atoms with Crippen molar-refractivity contribution in [3.8, 4) is 17.2 Å². The summed E-state index contributed by atoms with van der Waals surface area (Å²) in [5, 5.41) is 0. The van der Waals surface area contributed by atoms with Crippen LogP contribution in [0.3, 0.4) is 0 Å². The first kappa shape index (κ1) is 14.9. The summed E-state index contributed by atoms with van der Waals surface area (Å²) in [4.78, 5) is 0. The lowest BCUT2D eigenvalue weighted by Gasteiger charge is -2.25. The fraction of sp³-hybridized carbons (Fsp3) is 0.600. The second kappa shape index (κ2) is 7.36. The summed E-state index contributed by atoms with van der Waals surface area (Å²) in [7, 11) is 3.26. The second-order valence-electron chi connectivity index (χ2n) is 4.83. The van der Waals surface area contributed by atoms with Gasteiger partial charge >= 0.3 is 0 Å². The van der Waals surface area contributed by atoms with Crippen LogP contribution in [0.2, 0.25) is 0 Å². The van der Waals surface area contributed by atoms with Crippen molar-refractivity contribution in [3.05, 3.63) is 17.7 Å². The van der Waals surface area contributed by atoms with Gasteiger partial charge in [0, 0.05) is 6.61 Å². The van der Waals surface area contributed by atoms with Crippen LogP contribution in [0, 0.1) is 0 Å². The van der Waals surface area contributed by atoms with E-state index in [1.807, 2.05) is 12.1 Å². The number of nitrogens with two attached hydrogens (primary N) is 1. The first-order chi connectivity index (χ1) is 9.78. The Bertz CT molecular complexity index is 405. The third-order valence-electron chi connectivity index (χ3n) is 3.36. The Morgan fingerprint density at radius 2 is 1.95 bits per heavy atom. The van der Waals surface area contributed by atoms with Crippen molar-refractivity contribution >= 4 is 0 Å². The van der Waals surface area contributed by atoms with E-state index in [0.29, 0.717) is 30.4 Å². The monoisotopic (exact) mass is 281 g/mol. The molecule has 1 aliphatic rings. The molecule has 1 heterocycles. The molecule has 1 fully saturated rings. The van der Waals surface area contributed by atoms with Crippen molar-refractivity contribution in [3.63, 3.8) is 0 Å². The Labute approximate surface area is 120 Å². The Morgan fingerprint density at radius 3 is 2.45 bits per heavy atom. The van der Waals surface area contributed by atoms with E-state index in [1.54, 1.807) is 14.2 Å². The van der Waals surface area contributed by atoms with E-state index in [0.717, 1.165) is 31.4 Å². The predicted molar refractivity (Wildman–Crippen MR) is 76.8 cm³/mol. The zero-order chi connectivity index (χ0) is 14.4. The van der Waals surface area contributed by atoms with E-state index in [-0.39, 0.29) is 6.10 Å². The van der Waals surface area contributed by atoms with Crippen LogP contribution in [-0.2, 0) is 11.2 Å². The van der Waals surface area contributed by atoms with Gasteiger partial charge in [0.15, 0.2) is 11.5 Å². The van der Waals surface area contributed by atoms with Crippen LogP contribution in [0.4, 0.5) is 0 Å². The molecule has 0 bridgehead atoms. The Hall–Kier alpha value is -1.46. The van der Waals surface area contributed by atoms with Gasteiger partial charge in [-0.3, -0.25) is 0 Å². The quantitative estimate of drug-likeness (QED) is 0.861. The van der Waals surface area contributed by atoms with Crippen molar-refractivity contribution in [1.29, 1.82) is 0 Å². The van der Waals surface area contributed by atoms with Gasteiger partial charge in [-0.25, -0.2) is 0 Å². The summed E-state index contributed by atoms with van der Waals surface area (Å²) in [6.45, 7) is 2.00. The molecule has 0 aromatic heterocycles. The van der Waals surface area contributed by atoms with Crippen LogP contribution in [0.25, 0.3) is 0 Å². The maximum atomic E-state index is 6.03. The highest BCUT2D eigenvalue weighted by Crippen LogP contribution is 2.39. The Kier molecular flexibility index (Phi) is 5.49. The van der Waals surface area contributed by atoms with Crippen molar-refractivity contribution in [2.24, 2.45) is 5.73 Å². The van der Waals surface area contributed by atoms with Crippen LogP contribution in [0.5, 0.6) is 17.2 Å². The van der Waals surface area contributed by atoms with E-state index >= 15 is 0 Å². The molecule has 1 aliphatic heterocycles. The SMILES string of the molecule is COc1cc(CCN)cc(OC)c1OC1CCCOC1. The summed E-state index contributed by atoms with van der Waals surface area (Å²) in [6.07, 6.45) is 2.82. The molecular weight excluding hydrogens is 258 g/mol. The van der Waals surface area contributed by atoms with Crippen LogP contribution < -0.4 is 19.9 Å². The van der Waals surface area contributed by atoms with Crippen LogP contribution in [0.15, 0.2) is 12.1 Å². The lowest BCUT2D eigenvalue weighted by Crippen LogP contribution is -2.28. The van der Waals surface area contributed by atoms with E-state index in [1.165, 1.54) is 0 Å². The highest BCUT2D eigenvalue weighted by molar-refractivity contribution is 5.54. The number of methoxy groups -OCH3 is 2. The minimum absolute atomic E-state index is 0.0481. The third-order valence-corrected chi connectivity index (χ3v) is 3.36. The fourth-order valence-electron chi connectivity index (χ4n) is 2.33. The molecule has 2 rings (SSSR count). The molecule has 1 saturated heterocycles. The molecule has 5 heteroatoms. The molecule has 2 N–H and O–H groups in total. The maximum Gasteiger partial charge on any atom is 0.203 e. The third kappa shape index (κ3) is 3.55. The molecule has 0 saturated carbocycles. The van der Waals surface area contributed by atoms with Crippen molar-refractivity contribution < 1.29 is 18.9 Å². The molecule has 0 aliphatic carbocycles. The Balaban J connectivity index is 2.24. The van der Waals surface area contributed by atoms with E-state index in [4.69, 9.17) is 24.7 Å². The Morgan fingerprint density at radius 1 is 1.25 bits per heavy atom. The lowest BCUT2D eigenvalue weighted by atomic mass is 10.1. The first-order valence-electron chi connectivity index (χ1n) is 6.97. The lowest BCUT2D eigenvalue weighted by molar-refractivity contribution is 0.00540. The molecule has 0 amide bonds. The summed E-state index contributed by atoms with van der Waals surface area (Å²) in [5.41, 5.74) is 6.68. The smallest absolute Gasteiger partial charge is 0.203 e. The normalized spacial score (nSPS) is 18.6. The van der Waals surface area contributed by atoms with Crippen molar-refractivity contribution in [2.45, 2.75) is 25.4 Å². The second-order valence-corrected chi connectivity index (χ2v) is 4.83. The average molecular weight is 281 g/mol. The van der Waals surface area contributed by atoms with E-state index in [9.17, 15) is 0 Å². The van der Waals surface area contributed by atoms with Gasteiger partial charge in [0.1, 0.15) is 6.10 Å². The zero-order valence-corrected chi connectivity index (χ0v) is 12.2. The molecule has 20 heavy (non-hydrogen) atoms. The summed E-state index contributed by atoms with van der Waals surface area (Å²) in [6, 6.07) is 3.91. The molecule has 5 nitrogen and oxygen atoms in total. The first-order valence-corrected chi connectivity index (χ1v) is 6.97. The van der Waals surface area contributed by atoms with Gasteiger partial charge in [0.25, 0.3) is 0 Å². The topological polar surface area (TPSA) is 62.9 Å². The number of hydrogen-bond acceptors (Lipinski definition) is 5. The van der Waals surface area contributed by atoms with Gasteiger partial charge < -0.3 is 24.7 Å². The average Bonchev–Trinajstić information content (AvgIpc) is 2.49. The minimum Gasteiger partial charge on any atom is -0.493 e. The maximum absolute atomic E-state index is 6.03. The van der Waals surface area contributed by atoms with Crippen LogP contribution in [-0.4, -0.2) is 40.1 Å². The summed E-state index contributed by atoms with van der Waals surface area (Å²) >= 11 is 0. The molecule has 1 aromatic rings. The highest BCUT2D eigenvalue weighted by Gasteiger charge is 2.21. The summed E-state index contributed by atoms with van der Waals surface area (Å²) in [5.74, 6) is 2.00. The molecular formula is C15H23NO4. The molecule has 0 spiro atoms. The van der Waals surface area contributed by atoms with Gasteiger partial charge in [0.05, 0.1) is 20.8 Å². The molecule has 1 unspecified atom stereocenters. The van der Waals surface area contributed by atoms with Crippen molar-refractivity contribution in [1.82, 2.24) is 0 Å². The van der Waals surface area contributed by atoms with E-state index in [2.05, 4.69) is 0 Å². The standard InChI is InChI=1S/C15H23NO4/c1-17-13-8-11(5-6-16)9-14(18-2)15(13)20-12-4-3-7-19-10-12/h8-9,12H,3-7,10,16H2,1-2H3. The number of benzene rings is 1. The molecule has 1 aromatic carbocycles. The largest absolute Gasteiger partial charge is 0.493 e. The number of hydrogen-bond donors (Lipinski definition) is 1. The van der Waals surface area contributed by atoms with E-state index < -0.39 is 0 Å². The predicted octanol–water partition coefficient (Wildman–Crippen LogP) is 1.76. The summed E-state index contributed by atoms with van der Waals surface area (Å²) < 4.78 is 22.3. The zero-order valence-electron chi connectivity index (χ0n) is 12.2.